The Hall–Kier alpha value is -1.01. The van der Waals surface area contributed by atoms with E-state index < -0.39 is 23.2 Å². The van der Waals surface area contributed by atoms with Gasteiger partial charge in [0.25, 0.3) is 0 Å². The minimum Gasteiger partial charge on any atom is -0.477 e. The van der Waals surface area contributed by atoms with Crippen LogP contribution in [-0.4, -0.2) is 44.9 Å². The molecule has 2 unspecified atom stereocenters. The molecule has 1 aliphatic rings. The third-order valence-corrected chi connectivity index (χ3v) is 2.07. The molecule has 1 heterocycles. The molecule has 0 aromatic heterocycles. The highest BCUT2D eigenvalue weighted by atomic mass is 32.1. The third kappa shape index (κ3) is 2.08. The van der Waals surface area contributed by atoms with Crippen LogP contribution in [0, 0.1) is 0 Å². The first-order valence-electron chi connectivity index (χ1n) is 4.06. The van der Waals surface area contributed by atoms with Crippen LogP contribution in [0.4, 0.5) is 0 Å². The molecule has 1 rings (SSSR count). The number of carboxylic acid groups (broad SMARTS) is 1. The molecule has 0 saturated heterocycles. The van der Waals surface area contributed by atoms with E-state index in [-0.39, 0.29) is 12.2 Å². The van der Waals surface area contributed by atoms with Crippen molar-refractivity contribution in [3.63, 3.8) is 0 Å². The average Bonchev–Trinajstić information content (AvgIpc) is 2.45. The number of aliphatic carboxylic acids is 1. The van der Waals surface area contributed by atoms with Gasteiger partial charge in [0.05, 0.1) is 17.9 Å². The highest BCUT2D eigenvalue weighted by Crippen LogP contribution is 2.18. The number of hydrogen-bond acceptors (Lipinski definition) is 4. The number of aliphatic hydroxyl groups excluding tert-OH is 1. The molecule has 2 atom stereocenters. The zero-order valence-electron chi connectivity index (χ0n) is 7.54. The van der Waals surface area contributed by atoms with Crippen molar-refractivity contribution in [2.75, 3.05) is 6.54 Å². The van der Waals surface area contributed by atoms with Crippen LogP contribution in [-0.2, 0) is 9.59 Å². The van der Waals surface area contributed by atoms with Crippen molar-refractivity contribution in [2.24, 2.45) is 0 Å². The molecular formula is C8H11NO4S. The summed E-state index contributed by atoms with van der Waals surface area (Å²) in [7, 11) is 0. The zero-order valence-corrected chi connectivity index (χ0v) is 8.44. The first kappa shape index (κ1) is 11.1. The lowest BCUT2D eigenvalue weighted by Gasteiger charge is -2.19. The summed E-state index contributed by atoms with van der Waals surface area (Å²) < 4.78 is 0. The normalized spacial score (nSPS) is 23.2. The van der Waals surface area contributed by atoms with E-state index in [9.17, 15) is 14.7 Å². The van der Waals surface area contributed by atoms with Gasteiger partial charge in [-0.25, -0.2) is 4.79 Å². The highest BCUT2D eigenvalue weighted by Gasteiger charge is 2.32. The smallest absolute Gasteiger partial charge is 0.352 e. The largest absolute Gasteiger partial charge is 0.477 e. The van der Waals surface area contributed by atoms with E-state index in [1.54, 1.807) is 6.92 Å². The third-order valence-electron chi connectivity index (χ3n) is 1.85. The van der Waals surface area contributed by atoms with E-state index in [4.69, 9.17) is 5.11 Å². The lowest BCUT2D eigenvalue weighted by Crippen LogP contribution is -2.37. The molecular weight excluding hydrogens is 206 g/mol. The molecule has 78 valence electrons. The molecule has 1 aliphatic heterocycles. The van der Waals surface area contributed by atoms with Gasteiger partial charge >= 0.3 is 5.97 Å². The van der Waals surface area contributed by atoms with Crippen LogP contribution in [0.5, 0.6) is 0 Å². The number of carbonyl (C=O) groups is 2. The number of thiol groups is 1. The van der Waals surface area contributed by atoms with Gasteiger partial charge in [0.2, 0.25) is 5.91 Å². The summed E-state index contributed by atoms with van der Waals surface area (Å²) in [6.07, 6.45) is 0.244. The second-order valence-corrected chi connectivity index (χ2v) is 3.82. The fourth-order valence-corrected chi connectivity index (χ4v) is 1.37. The van der Waals surface area contributed by atoms with E-state index in [0.29, 0.717) is 0 Å². The topological polar surface area (TPSA) is 77.8 Å². The Kier molecular flexibility index (Phi) is 3.17. The summed E-state index contributed by atoms with van der Waals surface area (Å²) in [5, 5.41) is 17.3. The van der Waals surface area contributed by atoms with Crippen LogP contribution >= 0.6 is 12.6 Å². The number of β-amino-alcohol motifs (C(OH)–C–C–N with tert-alkyl or cyclic N) is 1. The van der Waals surface area contributed by atoms with E-state index >= 15 is 0 Å². The van der Waals surface area contributed by atoms with Crippen molar-refractivity contribution in [1.82, 2.24) is 4.90 Å². The first-order chi connectivity index (χ1) is 6.43. The van der Waals surface area contributed by atoms with Gasteiger partial charge in [0.1, 0.15) is 5.70 Å². The van der Waals surface area contributed by atoms with Gasteiger partial charge in [-0.2, -0.15) is 12.6 Å². The summed E-state index contributed by atoms with van der Waals surface area (Å²) in [6.45, 7) is 1.54. The van der Waals surface area contributed by atoms with Gasteiger partial charge in [0.15, 0.2) is 0 Å². The SMILES string of the molecule is CC(S)C(=O)N1CC(O)C=C1C(=O)O. The maximum atomic E-state index is 11.4. The maximum Gasteiger partial charge on any atom is 0.352 e. The number of carbonyl (C=O) groups excluding carboxylic acids is 1. The Bertz CT molecular complexity index is 300. The zero-order chi connectivity index (χ0) is 10.9. The molecule has 0 fully saturated rings. The number of nitrogens with zero attached hydrogens (tertiary/aromatic N) is 1. The monoisotopic (exact) mass is 217 g/mol. The van der Waals surface area contributed by atoms with Crippen molar-refractivity contribution in [2.45, 2.75) is 18.3 Å². The Morgan fingerprint density at radius 1 is 1.71 bits per heavy atom. The number of aliphatic hydroxyl groups is 1. The van der Waals surface area contributed by atoms with E-state index in [2.05, 4.69) is 12.6 Å². The number of rotatable bonds is 2. The molecule has 2 N–H and O–H groups in total. The minimum absolute atomic E-state index is 0.00856. The summed E-state index contributed by atoms with van der Waals surface area (Å²) in [6, 6.07) is 0. The van der Waals surface area contributed by atoms with E-state index in [1.165, 1.54) is 0 Å². The Morgan fingerprint density at radius 3 is 2.71 bits per heavy atom. The van der Waals surface area contributed by atoms with Crippen molar-refractivity contribution in [3.05, 3.63) is 11.8 Å². The van der Waals surface area contributed by atoms with Gasteiger partial charge in [-0.1, -0.05) is 0 Å². The van der Waals surface area contributed by atoms with Crippen LogP contribution in [0.2, 0.25) is 0 Å². The molecule has 0 aromatic rings. The number of carboxylic acids is 1. The van der Waals surface area contributed by atoms with Crippen LogP contribution in [0.25, 0.3) is 0 Å². The molecule has 0 aliphatic carbocycles. The average molecular weight is 217 g/mol. The molecule has 1 amide bonds. The van der Waals surface area contributed by atoms with Gasteiger partial charge in [-0.3, -0.25) is 4.79 Å². The van der Waals surface area contributed by atoms with Gasteiger partial charge in [-0.15, -0.1) is 0 Å². The fourth-order valence-electron chi connectivity index (χ4n) is 1.23. The Labute approximate surface area is 86.4 Å². The summed E-state index contributed by atoms with van der Waals surface area (Å²) >= 11 is 3.91. The highest BCUT2D eigenvalue weighted by molar-refractivity contribution is 7.81. The first-order valence-corrected chi connectivity index (χ1v) is 4.57. The summed E-state index contributed by atoms with van der Waals surface area (Å²) in [5.74, 6) is -1.64. The van der Waals surface area contributed by atoms with Gasteiger partial charge < -0.3 is 15.1 Å². The standard InChI is InChI=1S/C8H11NO4S/c1-4(14)7(11)9-3-5(10)2-6(9)8(12)13/h2,4-5,10,14H,3H2,1H3,(H,12,13). The minimum atomic E-state index is -1.22. The molecule has 5 nitrogen and oxygen atoms in total. The van der Waals surface area contributed by atoms with Crippen molar-refractivity contribution in [3.8, 4) is 0 Å². The quantitative estimate of drug-likeness (QED) is 0.544. The predicted molar refractivity (Wildman–Crippen MR) is 51.9 cm³/mol. The second-order valence-electron chi connectivity index (χ2n) is 3.05. The molecule has 0 spiro atoms. The molecule has 0 radical (unpaired) electrons. The summed E-state index contributed by atoms with van der Waals surface area (Å²) in [4.78, 5) is 23.2. The number of hydrogen-bond donors (Lipinski definition) is 3. The fraction of sp³-hybridized carbons (Fsp3) is 0.500. The van der Waals surface area contributed by atoms with Gasteiger partial charge in [0, 0.05) is 0 Å². The molecule has 0 aromatic carbocycles. The van der Waals surface area contributed by atoms with Crippen LogP contribution in [0.15, 0.2) is 11.8 Å². The van der Waals surface area contributed by atoms with Crippen molar-refractivity contribution < 1.29 is 19.8 Å². The van der Waals surface area contributed by atoms with Crippen LogP contribution in [0.1, 0.15) is 6.92 Å². The second kappa shape index (κ2) is 4.02. The van der Waals surface area contributed by atoms with E-state index in [0.717, 1.165) is 11.0 Å². The van der Waals surface area contributed by atoms with Crippen LogP contribution < -0.4 is 0 Å². The number of amides is 1. The Balaban J connectivity index is 2.86. The molecule has 0 saturated carbocycles. The molecule has 6 heteroatoms. The lowest BCUT2D eigenvalue weighted by molar-refractivity contribution is -0.139. The van der Waals surface area contributed by atoms with Crippen molar-refractivity contribution >= 4 is 24.5 Å². The van der Waals surface area contributed by atoms with Gasteiger partial charge in [-0.05, 0) is 13.0 Å². The summed E-state index contributed by atoms with van der Waals surface area (Å²) in [5.41, 5.74) is -0.177. The Morgan fingerprint density at radius 2 is 2.29 bits per heavy atom. The molecule has 0 bridgehead atoms. The van der Waals surface area contributed by atoms with Crippen LogP contribution in [0.3, 0.4) is 0 Å². The predicted octanol–water partition coefficient (Wildman–Crippen LogP) is -0.524. The van der Waals surface area contributed by atoms with Crippen molar-refractivity contribution in [1.29, 1.82) is 0 Å². The lowest BCUT2D eigenvalue weighted by atomic mass is 10.3. The molecule has 14 heavy (non-hydrogen) atoms. The van der Waals surface area contributed by atoms with E-state index in [1.807, 2.05) is 0 Å². The maximum absolute atomic E-state index is 11.4.